The summed E-state index contributed by atoms with van der Waals surface area (Å²) in [5.41, 5.74) is 1.91. The molecule has 4 nitrogen and oxygen atoms in total. The molecule has 0 saturated heterocycles. The first-order valence-electron chi connectivity index (χ1n) is 4.66. The van der Waals surface area contributed by atoms with Gasteiger partial charge in [-0.3, -0.25) is 0 Å². The van der Waals surface area contributed by atoms with Crippen LogP contribution in [0.1, 0.15) is 15.9 Å². The van der Waals surface area contributed by atoms with Crippen LogP contribution in [0.2, 0.25) is 0 Å². The number of aromatic nitrogens is 1. The number of carbonyl (C=O) groups is 1. The normalized spacial score (nSPS) is 10.9. The number of aromatic carboxylic acids is 1. The fraction of sp³-hybridized carbons (Fsp3) is 0.182. The molecule has 0 unspecified atom stereocenters. The largest absolute Gasteiger partial charge is 0.478 e. The van der Waals surface area contributed by atoms with Crippen LogP contribution in [-0.2, 0) is 11.3 Å². The minimum absolute atomic E-state index is 0.267. The Balaban J connectivity index is 2.76. The molecule has 0 aliphatic rings. The number of methoxy groups -OCH3 is 1. The van der Waals surface area contributed by atoms with Crippen molar-refractivity contribution in [2.45, 2.75) is 6.61 Å². The van der Waals surface area contributed by atoms with E-state index in [-0.39, 0.29) is 5.56 Å². The van der Waals surface area contributed by atoms with E-state index in [0.29, 0.717) is 12.0 Å². The van der Waals surface area contributed by atoms with Gasteiger partial charge in [0.15, 0.2) is 0 Å². The molecule has 0 atom stereocenters. The summed E-state index contributed by atoms with van der Waals surface area (Å²) < 4.78 is 5.90. The third kappa shape index (κ3) is 1.72. The maximum absolute atomic E-state index is 11.1. The van der Waals surface area contributed by atoms with Gasteiger partial charge >= 0.3 is 5.97 Å². The second kappa shape index (κ2) is 4.27. The zero-order chi connectivity index (χ0) is 11.7. The second-order valence-electron chi connectivity index (χ2n) is 3.40. The van der Waals surface area contributed by atoms with Crippen molar-refractivity contribution in [1.29, 1.82) is 0 Å². The summed E-state index contributed by atoms with van der Waals surface area (Å²) in [6.45, 7) is 0.391. The number of carboxylic acids is 1. The van der Waals surface area contributed by atoms with E-state index in [2.05, 4.69) is 20.9 Å². The highest BCUT2D eigenvalue weighted by atomic mass is 79.9. The number of hydrogen-bond acceptors (Lipinski definition) is 2. The van der Waals surface area contributed by atoms with Gasteiger partial charge in [0.25, 0.3) is 0 Å². The Morgan fingerprint density at radius 1 is 1.56 bits per heavy atom. The number of fused-ring (bicyclic) bond motifs is 1. The average Bonchev–Trinajstić information content (AvgIpc) is 2.68. The van der Waals surface area contributed by atoms with Gasteiger partial charge in [0, 0.05) is 23.2 Å². The summed E-state index contributed by atoms with van der Waals surface area (Å²) in [6.07, 6.45) is 1.50. The van der Waals surface area contributed by atoms with Crippen molar-refractivity contribution >= 4 is 32.8 Å². The van der Waals surface area contributed by atoms with Crippen LogP contribution in [0.5, 0.6) is 0 Å². The minimum atomic E-state index is -0.943. The molecule has 0 radical (unpaired) electrons. The van der Waals surface area contributed by atoms with Gasteiger partial charge in [-0.2, -0.15) is 0 Å². The Kier molecular flexibility index (Phi) is 2.98. The molecule has 1 heterocycles. The molecule has 0 fully saturated rings. The Bertz CT molecular complexity index is 547. The first-order valence-corrected chi connectivity index (χ1v) is 5.45. The molecule has 0 saturated carbocycles. The number of rotatable bonds is 3. The monoisotopic (exact) mass is 283 g/mol. The highest BCUT2D eigenvalue weighted by Crippen LogP contribution is 2.29. The first-order chi connectivity index (χ1) is 7.65. The maximum atomic E-state index is 11.1. The van der Waals surface area contributed by atoms with E-state index in [0.717, 1.165) is 15.6 Å². The van der Waals surface area contributed by atoms with Gasteiger partial charge in [0.2, 0.25) is 0 Å². The molecular formula is C11H10BrNO3. The molecule has 0 bridgehead atoms. The topological polar surface area (TPSA) is 62.3 Å². The molecule has 2 aromatic rings. The molecule has 0 aliphatic heterocycles. The predicted octanol–water partition coefficient (Wildman–Crippen LogP) is 2.78. The molecule has 1 aromatic heterocycles. The second-order valence-corrected chi connectivity index (χ2v) is 4.25. The van der Waals surface area contributed by atoms with E-state index in [1.165, 1.54) is 6.20 Å². The minimum Gasteiger partial charge on any atom is -0.478 e. The maximum Gasteiger partial charge on any atom is 0.337 e. The number of ether oxygens (including phenoxy) is 1. The molecule has 84 valence electrons. The smallest absolute Gasteiger partial charge is 0.337 e. The summed E-state index contributed by atoms with van der Waals surface area (Å²) in [6, 6.07) is 3.73. The van der Waals surface area contributed by atoms with Gasteiger partial charge in [-0.05, 0) is 27.6 Å². The number of carboxylic acid groups (broad SMARTS) is 1. The van der Waals surface area contributed by atoms with E-state index >= 15 is 0 Å². The van der Waals surface area contributed by atoms with Crippen molar-refractivity contribution in [2.75, 3.05) is 7.11 Å². The lowest BCUT2D eigenvalue weighted by molar-refractivity contribution is 0.0699. The summed E-state index contributed by atoms with van der Waals surface area (Å²) in [5.74, 6) is -0.943. The van der Waals surface area contributed by atoms with Crippen LogP contribution in [0.4, 0.5) is 0 Å². The van der Waals surface area contributed by atoms with Crippen molar-refractivity contribution < 1.29 is 14.6 Å². The average molecular weight is 284 g/mol. The lowest BCUT2D eigenvalue weighted by Gasteiger charge is -2.04. The first kappa shape index (κ1) is 11.2. The highest BCUT2D eigenvalue weighted by molar-refractivity contribution is 9.10. The molecule has 2 N–H and O–H groups in total. The molecule has 16 heavy (non-hydrogen) atoms. The van der Waals surface area contributed by atoms with Crippen LogP contribution in [0.15, 0.2) is 22.8 Å². The number of hydrogen-bond donors (Lipinski definition) is 2. The fourth-order valence-corrected chi connectivity index (χ4v) is 2.17. The molecule has 0 amide bonds. The van der Waals surface area contributed by atoms with Crippen molar-refractivity contribution in [3.63, 3.8) is 0 Å². The van der Waals surface area contributed by atoms with Gasteiger partial charge in [-0.1, -0.05) is 6.07 Å². The molecule has 0 spiro atoms. The van der Waals surface area contributed by atoms with Gasteiger partial charge in [-0.25, -0.2) is 4.79 Å². The van der Waals surface area contributed by atoms with Gasteiger partial charge in [0.1, 0.15) is 0 Å². The van der Waals surface area contributed by atoms with Crippen LogP contribution in [-0.4, -0.2) is 23.2 Å². The number of nitrogens with one attached hydrogen (secondary N) is 1. The number of H-pyrrole nitrogens is 1. The third-order valence-corrected chi connectivity index (χ3v) is 3.06. The van der Waals surface area contributed by atoms with Crippen LogP contribution in [0.3, 0.4) is 0 Å². The zero-order valence-corrected chi connectivity index (χ0v) is 10.2. The molecule has 2 rings (SSSR count). The molecule has 5 heteroatoms. The van der Waals surface area contributed by atoms with Crippen LogP contribution >= 0.6 is 15.9 Å². The summed E-state index contributed by atoms with van der Waals surface area (Å²) in [5, 5.41) is 9.78. The summed E-state index contributed by atoms with van der Waals surface area (Å²) in [7, 11) is 1.58. The fourth-order valence-electron chi connectivity index (χ4n) is 1.73. The number of benzene rings is 1. The van der Waals surface area contributed by atoms with E-state index in [1.54, 1.807) is 7.11 Å². The van der Waals surface area contributed by atoms with Crippen LogP contribution in [0, 0.1) is 0 Å². The van der Waals surface area contributed by atoms with Crippen LogP contribution < -0.4 is 0 Å². The van der Waals surface area contributed by atoms with E-state index in [4.69, 9.17) is 9.84 Å². The van der Waals surface area contributed by atoms with E-state index < -0.39 is 5.97 Å². The Morgan fingerprint density at radius 3 is 2.94 bits per heavy atom. The van der Waals surface area contributed by atoms with Crippen molar-refractivity contribution in [3.05, 3.63) is 33.9 Å². The summed E-state index contributed by atoms with van der Waals surface area (Å²) in [4.78, 5) is 14.0. The Hall–Kier alpha value is -1.33. The van der Waals surface area contributed by atoms with Crippen molar-refractivity contribution in [1.82, 2.24) is 4.98 Å². The Labute approximate surface area is 100 Å². The molecular weight excluding hydrogens is 274 g/mol. The standard InChI is InChI=1S/C11H10BrNO3/c1-16-5-6-2-3-8(12)10-9(6)7(4-13-10)11(14)15/h2-4,13H,5H2,1H3,(H,14,15). The number of halogens is 1. The molecule has 0 aliphatic carbocycles. The third-order valence-electron chi connectivity index (χ3n) is 2.40. The predicted molar refractivity (Wildman–Crippen MR) is 63.7 cm³/mol. The van der Waals surface area contributed by atoms with Gasteiger partial charge in [0.05, 0.1) is 17.7 Å². The van der Waals surface area contributed by atoms with Crippen LogP contribution in [0.25, 0.3) is 10.9 Å². The van der Waals surface area contributed by atoms with E-state index in [1.807, 2.05) is 12.1 Å². The molecule has 1 aromatic carbocycles. The van der Waals surface area contributed by atoms with Crippen molar-refractivity contribution in [2.24, 2.45) is 0 Å². The SMILES string of the molecule is COCc1ccc(Br)c2[nH]cc(C(=O)O)c12. The quantitative estimate of drug-likeness (QED) is 0.911. The number of aromatic amines is 1. The van der Waals surface area contributed by atoms with E-state index in [9.17, 15) is 4.79 Å². The zero-order valence-electron chi connectivity index (χ0n) is 8.58. The lowest BCUT2D eigenvalue weighted by atomic mass is 10.1. The summed E-state index contributed by atoms with van der Waals surface area (Å²) >= 11 is 3.38. The lowest BCUT2D eigenvalue weighted by Crippen LogP contribution is -1.97. The van der Waals surface area contributed by atoms with Crippen molar-refractivity contribution in [3.8, 4) is 0 Å². The van der Waals surface area contributed by atoms with Gasteiger partial charge < -0.3 is 14.8 Å². The Morgan fingerprint density at radius 2 is 2.31 bits per heavy atom. The highest BCUT2D eigenvalue weighted by Gasteiger charge is 2.15. The van der Waals surface area contributed by atoms with Gasteiger partial charge in [-0.15, -0.1) is 0 Å².